The third-order valence-electron chi connectivity index (χ3n) is 6.51. The third kappa shape index (κ3) is 5.88. The Kier molecular flexibility index (Phi) is 8.16. The molecule has 3 aromatic carbocycles. The molecule has 198 valence electrons. The molecule has 1 unspecified atom stereocenters. The number of hydrazone groups is 1. The van der Waals surface area contributed by atoms with E-state index in [-0.39, 0.29) is 22.6 Å². The van der Waals surface area contributed by atoms with Gasteiger partial charge in [0, 0.05) is 40.0 Å². The summed E-state index contributed by atoms with van der Waals surface area (Å²) in [6.45, 7) is 4.65. The Bertz CT molecular complexity index is 1360. The highest BCUT2D eigenvalue weighted by Crippen LogP contribution is 2.51. The van der Waals surface area contributed by atoms with Gasteiger partial charge >= 0.3 is 5.51 Å². The maximum Gasteiger partial charge on any atom is 0.446 e. The summed E-state index contributed by atoms with van der Waals surface area (Å²) in [5.41, 5.74) is 1.25. The van der Waals surface area contributed by atoms with Gasteiger partial charge in [-0.2, -0.15) is 18.3 Å². The average Bonchev–Trinajstić information content (AvgIpc) is 3.13. The molecule has 0 fully saturated rings. The number of allylic oxidation sites excluding steroid dienone is 2. The Balaban J connectivity index is 1.73. The number of thioether (sulfide) groups is 1. The number of anilines is 1. The predicted octanol–water partition coefficient (Wildman–Crippen LogP) is 6.95. The van der Waals surface area contributed by atoms with Crippen molar-refractivity contribution < 1.29 is 22.7 Å². The van der Waals surface area contributed by atoms with Crippen molar-refractivity contribution >= 4 is 29.6 Å². The van der Waals surface area contributed by atoms with Gasteiger partial charge in [0.25, 0.3) is 5.91 Å². The van der Waals surface area contributed by atoms with Gasteiger partial charge in [0.1, 0.15) is 5.75 Å². The van der Waals surface area contributed by atoms with Crippen molar-refractivity contribution in [3.8, 4) is 5.75 Å². The minimum Gasteiger partial charge on any atom is -0.497 e. The van der Waals surface area contributed by atoms with E-state index in [1.54, 1.807) is 55.7 Å². The quantitative estimate of drug-likeness (QED) is 0.191. The number of ether oxygens (including phenoxy) is 1. The van der Waals surface area contributed by atoms with Crippen molar-refractivity contribution in [2.24, 2.45) is 5.10 Å². The zero-order valence-electron chi connectivity index (χ0n) is 21.3. The van der Waals surface area contributed by atoms with E-state index in [0.29, 0.717) is 29.8 Å². The van der Waals surface area contributed by atoms with Crippen molar-refractivity contribution in [2.45, 2.75) is 36.1 Å². The van der Waals surface area contributed by atoms with Crippen molar-refractivity contribution in [3.63, 3.8) is 0 Å². The Morgan fingerprint density at radius 1 is 1.11 bits per heavy atom. The van der Waals surface area contributed by atoms with Crippen LogP contribution in [0, 0.1) is 0 Å². The second-order valence-corrected chi connectivity index (χ2v) is 10.0. The lowest BCUT2D eigenvalue weighted by atomic mass is 9.76. The first-order chi connectivity index (χ1) is 18.2. The maximum atomic E-state index is 13.3. The van der Waals surface area contributed by atoms with E-state index in [2.05, 4.69) is 15.4 Å². The van der Waals surface area contributed by atoms with Gasteiger partial charge in [-0.15, -0.1) is 0 Å². The summed E-state index contributed by atoms with van der Waals surface area (Å²) in [4.78, 5) is 14.6. The van der Waals surface area contributed by atoms with Crippen LogP contribution in [-0.2, 0) is 11.8 Å². The smallest absolute Gasteiger partial charge is 0.446 e. The van der Waals surface area contributed by atoms with E-state index in [0.717, 1.165) is 16.9 Å². The molecule has 0 bridgehead atoms. The van der Waals surface area contributed by atoms with Crippen molar-refractivity contribution in [1.82, 2.24) is 5.43 Å². The number of halogens is 3. The fourth-order valence-electron chi connectivity index (χ4n) is 4.80. The average molecular weight is 540 g/mol. The number of rotatable bonds is 8. The number of amides is 1. The van der Waals surface area contributed by atoms with Crippen LogP contribution in [0.1, 0.15) is 35.3 Å². The summed E-state index contributed by atoms with van der Waals surface area (Å²) in [5.74, 6) is 0.321. The number of carbonyl (C=O) groups is 1. The summed E-state index contributed by atoms with van der Waals surface area (Å²) >= 11 is -0.103. The van der Waals surface area contributed by atoms with E-state index in [1.165, 1.54) is 12.3 Å². The minimum atomic E-state index is -4.40. The van der Waals surface area contributed by atoms with Crippen LogP contribution in [0.2, 0.25) is 0 Å². The molecule has 4 rings (SSSR count). The number of alkyl halides is 3. The molecule has 9 heteroatoms. The highest BCUT2D eigenvalue weighted by molar-refractivity contribution is 8.00. The number of benzene rings is 3. The molecule has 38 heavy (non-hydrogen) atoms. The lowest BCUT2D eigenvalue weighted by Gasteiger charge is -2.30. The molecule has 0 saturated heterocycles. The molecule has 0 aliphatic carbocycles. The SMILES string of the molecule is CCN1/C(=C\C=N\NC(=O)c2ccccc2)C(C)(Cc2ccccc2SC(F)(F)F)c2cc(OC)ccc21. The monoisotopic (exact) mass is 539 g/mol. The van der Waals surface area contributed by atoms with Gasteiger partial charge in [-0.3, -0.25) is 4.79 Å². The molecule has 0 radical (unpaired) electrons. The normalized spacial score (nSPS) is 18.2. The maximum absolute atomic E-state index is 13.3. The molecule has 0 spiro atoms. The van der Waals surface area contributed by atoms with Crippen molar-refractivity contribution in [1.29, 1.82) is 0 Å². The van der Waals surface area contributed by atoms with Crippen LogP contribution < -0.4 is 15.1 Å². The summed E-state index contributed by atoms with van der Waals surface area (Å²) < 4.78 is 45.5. The molecule has 3 aromatic rings. The van der Waals surface area contributed by atoms with Crippen LogP contribution in [-0.4, -0.2) is 31.3 Å². The first-order valence-corrected chi connectivity index (χ1v) is 12.9. The van der Waals surface area contributed by atoms with E-state index in [9.17, 15) is 18.0 Å². The molecular formula is C29H28F3N3O2S. The van der Waals surface area contributed by atoms with Gasteiger partial charge in [0.05, 0.1) is 7.11 Å². The summed E-state index contributed by atoms with van der Waals surface area (Å²) in [6.07, 6.45) is 3.64. The Morgan fingerprint density at radius 2 is 1.82 bits per heavy atom. The highest BCUT2D eigenvalue weighted by Gasteiger charge is 2.44. The van der Waals surface area contributed by atoms with Crippen LogP contribution in [0.25, 0.3) is 0 Å². The van der Waals surface area contributed by atoms with E-state index < -0.39 is 10.9 Å². The second-order valence-electron chi connectivity index (χ2n) is 8.93. The van der Waals surface area contributed by atoms with Crippen LogP contribution in [0.3, 0.4) is 0 Å². The van der Waals surface area contributed by atoms with Gasteiger partial charge in [-0.05, 0) is 85.6 Å². The lowest BCUT2D eigenvalue weighted by Crippen LogP contribution is -2.31. The van der Waals surface area contributed by atoms with E-state index in [4.69, 9.17) is 4.74 Å². The molecule has 1 heterocycles. The number of hydrogen-bond donors (Lipinski definition) is 1. The van der Waals surface area contributed by atoms with Gasteiger partial charge < -0.3 is 9.64 Å². The summed E-state index contributed by atoms with van der Waals surface area (Å²) in [5, 5.41) is 4.11. The summed E-state index contributed by atoms with van der Waals surface area (Å²) in [6, 6.07) is 21.1. The summed E-state index contributed by atoms with van der Waals surface area (Å²) in [7, 11) is 1.58. The zero-order chi connectivity index (χ0) is 27.3. The number of carbonyl (C=O) groups excluding carboxylic acids is 1. The molecule has 1 aliphatic heterocycles. The van der Waals surface area contributed by atoms with Gasteiger partial charge in [-0.25, -0.2) is 5.43 Å². The van der Waals surface area contributed by atoms with E-state index >= 15 is 0 Å². The fourth-order valence-corrected chi connectivity index (χ4v) is 5.47. The minimum absolute atomic E-state index is 0.103. The molecule has 1 amide bonds. The van der Waals surface area contributed by atoms with E-state index in [1.807, 2.05) is 38.1 Å². The topological polar surface area (TPSA) is 53.9 Å². The number of methoxy groups -OCH3 is 1. The Hall–Kier alpha value is -3.72. The van der Waals surface area contributed by atoms with Crippen LogP contribution in [0.15, 0.2) is 94.6 Å². The van der Waals surface area contributed by atoms with Gasteiger partial charge in [0.2, 0.25) is 0 Å². The third-order valence-corrected chi connectivity index (χ3v) is 7.36. The molecule has 1 N–H and O–H groups in total. The predicted molar refractivity (Wildman–Crippen MR) is 146 cm³/mol. The first kappa shape index (κ1) is 27.3. The highest BCUT2D eigenvalue weighted by atomic mass is 32.2. The second kappa shape index (κ2) is 11.3. The Labute approximate surface area is 224 Å². The number of nitrogens with zero attached hydrogens (tertiary/aromatic N) is 2. The first-order valence-electron chi connectivity index (χ1n) is 12.0. The van der Waals surface area contributed by atoms with Crippen LogP contribution in [0.4, 0.5) is 18.9 Å². The van der Waals surface area contributed by atoms with Crippen LogP contribution in [0.5, 0.6) is 5.75 Å². The molecule has 5 nitrogen and oxygen atoms in total. The molecule has 1 aliphatic rings. The number of fused-ring (bicyclic) bond motifs is 1. The van der Waals surface area contributed by atoms with Crippen molar-refractivity contribution in [3.05, 3.63) is 101 Å². The molecule has 1 atom stereocenters. The molecule has 0 aromatic heterocycles. The van der Waals surface area contributed by atoms with Crippen molar-refractivity contribution in [2.75, 3.05) is 18.6 Å². The number of nitrogens with one attached hydrogen (secondary N) is 1. The Morgan fingerprint density at radius 3 is 2.50 bits per heavy atom. The standard InChI is InChI=1S/C29H28F3N3O2S/c1-4-35-24-15-14-22(37-3)18-23(24)28(2,19-21-12-8-9-13-25(21)38-29(30,31)32)26(35)16-17-33-34-27(36)20-10-6-5-7-11-20/h5-18H,4,19H2,1-3H3,(H,34,36)/b26-16-,33-17+. The zero-order valence-corrected chi connectivity index (χ0v) is 22.1. The molecule has 0 saturated carbocycles. The number of likely N-dealkylation sites (N-methyl/N-ethyl adjacent to an activating group) is 1. The van der Waals surface area contributed by atoms with Crippen LogP contribution >= 0.6 is 11.8 Å². The molecular weight excluding hydrogens is 511 g/mol. The van der Waals surface area contributed by atoms with Gasteiger partial charge in [0.15, 0.2) is 0 Å². The van der Waals surface area contributed by atoms with Gasteiger partial charge in [-0.1, -0.05) is 36.4 Å². The lowest BCUT2D eigenvalue weighted by molar-refractivity contribution is -0.0328. The largest absolute Gasteiger partial charge is 0.497 e. The number of hydrogen-bond acceptors (Lipinski definition) is 5. The fraction of sp³-hybridized carbons (Fsp3) is 0.241.